The minimum atomic E-state index is -0.183. The third kappa shape index (κ3) is 4.25. The molecule has 4 nitrogen and oxygen atoms in total. The normalized spacial score (nSPS) is 12.9. The first-order chi connectivity index (χ1) is 12.7. The van der Waals surface area contributed by atoms with E-state index in [-0.39, 0.29) is 5.91 Å². The molecular weight excluding hydrogens is 344 g/mol. The SMILES string of the molecule is CCCCCOc1ccc(C(=O)Nc2sc3c(c2C#N)CCCC3)cc1. The quantitative estimate of drug-likeness (QED) is 0.673. The summed E-state index contributed by atoms with van der Waals surface area (Å²) in [4.78, 5) is 13.8. The number of aryl methyl sites for hydroxylation is 1. The van der Waals surface area contributed by atoms with Gasteiger partial charge < -0.3 is 10.1 Å². The predicted octanol–water partition coefficient (Wildman–Crippen LogP) is 5.32. The van der Waals surface area contributed by atoms with Crippen LogP contribution in [0.5, 0.6) is 5.75 Å². The minimum Gasteiger partial charge on any atom is -0.494 e. The Bertz CT molecular complexity index is 803. The van der Waals surface area contributed by atoms with Crippen molar-refractivity contribution in [3.05, 3.63) is 45.8 Å². The summed E-state index contributed by atoms with van der Waals surface area (Å²) in [6.07, 6.45) is 7.59. The van der Waals surface area contributed by atoms with Gasteiger partial charge in [-0.05, 0) is 61.9 Å². The van der Waals surface area contributed by atoms with Crippen LogP contribution in [-0.4, -0.2) is 12.5 Å². The Kier molecular flexibility index (Phi) is 6.30. The topological polar surface area (TPSA) is 62.1 Å². The van der Waals surface area contributed by atoms with Gasteiger partial charge in [-0.15, -0.1) is 11.3 Å². The molecule has 0 bridgehead atoms. The fraction of sp³-hybridized carbons (Fsp3) is 0.429. The number of fused-ring (bicyclic) bond motifs is 1. The standard InChI is InChI=1S/C21H24N2O2S/c1-2-3-6-13-25-16-11-9-15(10-12-16)20(24)23-21-18(14-22)17-7-4-5-8-19(17)26-21/h9-12H,2-8,13H2,1H3,(H,23,24). The molecular formula is C21H24N2O2S. The van der Waals surface area contributed by atoms with Gasteiger partial charge in [0.25, 0.3) is 5.91 Å². The van der Waals surface area contributed by atoms with E-state index in [2.05, 4.69) is 18.3 Å². The molecule has 2 aromatic rings. The number of benzene rings is 1. The molecule has 0 saturated heterocycles. The number of hydrogen-bond acceptors (Lipinski definition) is 4. The van der Waals surface area contributed by atoms with Crippen LogP contribution in [0.3, 0.4) is 0 Å². The maximum absolute atomic E-state index is 12.6. The maximum atomic E-state index is 12.6. The summed E-state index contributed by atoms with van der Waals surface area (Å²) in [6, 6.07) is 9.46. The fourth-order valence-corrected chi connectivity index (χ4v) is 4.43. The van der Waals surface area contributed by atoms with E-state index in [1.165, 1.54) is 11.3 Å². The Morgan fingerprint density at radius 3 is 2.73 bits per heavy atom. The number of nitrogens with zero attached hydrogens (tertiary/aromatic N) is 1. The fourth-order valence-electron chi connectivity index (χ4n) is 3.19. The van der Waals surface area contributed by atoms with Gasteiger partial charge in [0.15, 0.2) is 0 Å². The first-order valence-corrected chi connectivity index (χ1v) is 10.1. The first-order valence-electron chi connectivity index (χ1n) is 9.31. The number of carbonyl (C=O) groups is 1. The third-order valence-corrected chi connectivity index (χ3v) is 5.85. The Morgan fingerprint density at radius 2 is 2.00 bits per heavy atom. The average Bonchev–Trinajstić information content (AvgIpc) is 3.02. The smallest absolute Gasteiger partial charge is 0.256 e. The number of carbonyl (C=O) groups excluding carboxylic acids is 1. The molecule has 3 rings (SSSR count). The molecule has 0 unspecified atom stereocenters. The van der Waals surface area contributed by atoms with Crippen LogP contribution < -0.4 is 10.1 Å². The van der Waals surface area contributed by atoms with E-state index >= 15 is 0 Å². The number of thiophene rings is 1. The molecule has 0 saturated carbocycles. The largest absolute Gasteiger partial charge is 0.494 e. The lowest BCUT2D eigenvalue weighted by molar-refractivity contribution is 0.102. The highest BCUT2D eigenvalue weighted by Gasteiger charge is 2.22. The van der Waals surface area contributed by atoms with Crippen molar-refractivity contribution in [2.24, 2.45) is 0 Å². The number of nitrogens with one attached hydrogen (secondary N) is 1. The van der Waals surface area contributed by atoms with E-state index in [1.54, 1.807) is 23.5 Å². The van der Waals surface area contributed by atoms with E-state index in [0.29, 0.717) is 22.7 Å². The second kappa shape index (κ2) is 8.86. The van der Waals surface area contributed by atoms with Gasteiger partial charge in [0.1, 0.15) is 16.8 Å². The molecule has 0 fully saturated rings. The van der Waals surface area contributed by atoms with Crippen LogP contribution in [0.1, 0.15) is 65.4 Å². The molecule has 1 aromatic heterocycles. The van der Waals surface area contributed by atoms with Crippen molar-refractivity contribution in [1.29, 1.82) is 5.26 Å². The van der Waals surface area contributed by atoms with Crippen molar-refractivity contribution in [2.45, 2.75) is 51.9 Å². The van der Waals surface area contributed by atoms with Gasteiger partial charge in [0, 0.05) is 10.4 Å². The Balaban J connectivity index is 1.65. The predicted molar refractivity (Wildman–Crippen MR) is 105 cm³/mol. The lowest BCUT2D eigenvalue weighted by Crippen LogP contribution is -2.11. The molecule has 0 aliphatic heterocycles. The summed E-state index contributed by atoms with van der Waals surface area (Å²) < 4.78 is 5.68. The Morgan fingerprint density at radius 1 is 1.23 bits per heavy atom. The summed E-state index contributed by atoms with van der Waals surface area (Å²) in [5.74, 6) is 0.597. The van der Waals surface area contributed by atoms with Gasteiger partial charge in [-0.25, -0.2) is 0 Å². The van der Waals surface area contributed by atoms with Crippen LogP contribution >= 0.6 is 11.3 Å². The molecule has 0 atom stereocenters. The second-order valence-corrected chi connectivity index (χ2v) is 7.67. The number of rotatable bonds is 7. The van der Waals surface area contributed by atoms with Crippen molar-refractivity contribution in [2.75, 3.05) is 11.9 Å². The molecule has 1 heterocycles. The number of anilines is 1. The van der Waals surface area contributed by atoms with E-state index in [1.807, 2.05) is 12.1 Å². The van der Waals surface area contributed by atoms with Crippen LogP contribution in [0.25, 0.3) is 0 Å². The molecule has 136 valence electrons. The highest BCUT2D eigenvalue weighted by molar-refractivity contribution is 7.16. The van der Waals surface area contributed by atoms with Crippen LogP contribution in [0.2, 0.25) is 0 Å². The van der Waals surface area contributed by atoms with E-state index in [0.717, 1.165) is 49.8 Å². The highest BCUT2D eigenvalue weighted by atomic mass is 32.1. The monoisotopic (exact) mass is 368 g/mol. The molecule has 5 heteroatoms. The number of hydrogen-bond donors (Lipinski definition) is 1. The molecule has 1 amide bonds. The van der Waals surface area contributed by atoms with Crippen molar-refractivity contribution in [3.63, 3.8) is 0 Å². The van der Waals surface area contributed by atoms with Crippen LogP contribution in [0.15, 0.2) is 24.3 Å². The summed E-state index contributed by atoms with van der Waals surface area (Å²) in [5.41, 5.74) is 2.35. The van der Waals surface area contributed by atoms with E-state index in [9.17, 15) is 10.1 Å². The van der Waals surface area contributed by atoms with E-state index in [4.69, 9.17) is 4.74 Å². The summed E-state index contributed by atoms with van der Waals surface area (Å²) in [5, 5.41) is 13.1. The Labute approximate surface area is 158 Å². The van der Waals surface area contributed by atoms with Gasteiger partial charge in [-0.1, -0.05) is 19.8 Å². The zero-order valence-corrected chi connectivity index (χ0v) is 16.0. The van der Waals surface area contributed by atoms with Crippen LogP contribution in [-0.2, 0) is 12.8 Å². The average molecular weight is 369 g/mol. The molecule has 0 radical (unpaired) electrons. The lowest BCUT2D eigenvalue weighted by atomic mass is 9.96. The molecule has 0 spiro atoms. The van der Waals surface area contributed by atoms with E-state index < -0.39 is 0 Å². The van der Waals surface area contributed by atoms with Crippen molar-refractivity contribution in [1.82, 2.24) is 0 Å². The number of nitriles is 1. The van der Waals surface area contributed by atoms with Crippen molar-refractivity contribution in [3.8, 4) is 11.8 Å². The maximum Gasteiger partial charge on any atom is 0.256 e. The van der Waals surface area contributed by atoms with Gasteiger partial charge in [-0.2, -0.15) is 5.26 Å². The first kappa shape index (κ1) is 18.5. The molecule has 1 N–H and O–H groups in total. The molecule has 26 heavy (non-hydrogen) atoms. The zero-order chi connectivity index (χ0) is 18.4. The van der Waals surface area contributed by atoms with Gasteiger partial charge in [-0.3, -0.25) is 4.79 Å². The summed E-state index contributed by atoms with van der Waals surface area (Å²) in [7, 11) is 0. The van der Waals surface area contributed by atoms with Gasteiger partial charge in [0.05, 0.1) is 12.2 Å². The number of ether oxygens (including phenoxy) is 1. The van der Waals surface area contributed by atoms with Crippen LogP contribution in [0.4, 0.5) is 5.00 Å². The lowest BCUT2D eigenvalue weighted by Gasteiger charge is -2.09. The number of unbranched alkanes of at least 4 members (excludes halogenated alkanes) is 2. The molecule has 1 aromatic carbocycles. The van der Waals surface area contributed by atoms with Crippen molar-refractivity contribution < 1.29 is 9.53 Å². The second-order valence-electron chi connectivity index (χ2n) is 6.56. The molecule has 1 aliphatic carbocycles. The zero-order valence-electron chi connectivity index (χ0n) is 15.1. The molecule has 1 aliphatic rings. The van der Waals surface area contributed by atoms with Crippen molar-refractivity contribution >= 4 is 22.2 Å². The minimum absolute atomic E-state index is 0.183. The summed E-state index contributed by atoms with van der Waals surface area (Å²) in [6.45, 7) is 2.86. The highest BCUT2D eigenvalue weighted by Crippen LogP contribution is 2.37. The third-order valence-electron chi connectivity index (χ3n) is 4.64. The van der Waals surface area contributed by atoms with Crippen LogP contribution in [0, 0.1) is 11.3 Å². The summed E-state index contributed by atoms with van der Waals surface area (Å²) >= 11 is 1.55. The Hall–Kier alpha value is -2.32. The van der Waals surface area contributed by atoms with Gasteiger partial charge >= 0.3 is 0 Å². The number of amides is 1. The van der Waals surface area contributed by atoms with Gasteiger partial charge in [0.2, 0.25) is 0 Å².